The van der Waals surface area contributed by atoms with Crippen LogP contribution in [-0.4, -0.2) is 38.5 Å². The highest BCUT2D eigenvalue weighted by Crippen LogP contribution is 2.35. The van der Waals surface area contributed by atoms with E-state index in [9.17, 15) is 14.4 Å². The van der Waals surface area contributed by atoms with E-state index in [-0.39, 0.29) is 22.8 Å². The number of aromatic nitrogens is 2. The van der Waals surface area contributed by atoms with Gasteiger partial charge in [-0.15, -0.1) is 11.3 Å². The van der Waals surface area contributed by atoms with Crippen molar-refractivity contribution in [1.82, 2.24) is 15.0 Å². The van der Waals surface area contributed by atoms with E-state index in [1.165, 1.54) is 35.0 Å². The Hall–Kier alpha value is -3.76. The third-order valence-electron chi connectivity index (χ3n) is 6.14. The molecule has 37 heavy (non-hydrogen) atoms. The van der Waals surface area contributed by atoms with Gasteiger partial charge in [-0.05, 0) is 68.0 Å². The lowest BCUT2D eigenvalue weighted by atomic mass is 9.97. The molecule has 0 saturated heterocycles. The van der Waals surface area contributed by atoms with E-state index in [2.05, 4.69) is 10.5 Å². The van der Waals surface area contributed by atoms with E-state index in [4.69, 9.17) is 10.1 Å². The number of rotatable bonds is 7. The molecule has 0 unspecified atom stereocenters. The summed E-state index contributed by atoms with van der Waals surface area (Å²) in [7, 11) is 0. The number of amides is 1. The van der Waals surface area contributed by atoms with Crippen LogP contribution < -0.4 is 11.0 Å². The minimum absolute atomic E-state index is 0.0180. The molecular formula is C27H24N4O4S2. The Bertz CT molecular complexity index is 1570. The molecule has 1 amide bonds. The molecular weight excluding hydrogens is 508 g/mol. The predicted molar refractivity (Wildman–Crippen MR) is 146 cm³/mol. The predicted octanol–water partition coefficient (Wildman–Crippen LogP) is 4.58. The number of benzene rings is 2. The van der Waals surface area contributed by atoms with Crippen LogP contribution in [0.2, 0.25) is 0 Å². The van der Waals surface area contributed by atoms with Crippen molar-refractivity contribution in [2.45, 2.75) is 37.8 Å². The number of carboxylic acid groups (broad SMARTS) is 1. The zero-order chi connectivity index (χ0) is 25.9. The van der Waals surface area contributed by atoms with E-state index >= 15 is 0 Å². The number of nitrogens with zero attached hydrogens (tertiary/aromatic N) is 3. The molecule has 10 heteroatoms. The van der Waals surface area contributed by atoms with Gasteiger partial charge in [0.25, 0.3) is 11.5 Å². The number of hydrogen-bond acceptors (Lipinski definition) is 7. The lowest BCUT2D eigenvalue weighted by Gasteiger charge is -2.13. The summed E-state index contributed by atoms with van der Waals surface area (Å²) in [6.45, 7) is 1.99. The molecule has 0 radical (unpaired) electrons. The molecule has 188 valence electrons. The van der Waals surface area contributed by atoms with Crippen molar-refractivity contribution in [1.29, 1.82) is 0 Å². The van der Waals surface area contributed by atoms with Gasteiger partial charge in [-0.1, -0.05) is 41.6 Å². The van der Waals surface area contributed by atoms with Gasteiger partial charge in [-0.3, -0.25) is 14.2 Å². The zero-order valence-electron chi connectivity index (χ0n) is 20.1. The lowest BCUT2D eigenvalue weighted by molar-refractivity contribution is -0.118. The Labute approximate surface area is 221 Å². The third kappa shape index (κ3) is 5.35. The van der Waals surface area contributed by atoms with Crippen LogP contribution in [0.1, 0.15) is 44.8 Å². The number of hydrogen-bond donors (Lipinski definition) is 2. The summed E-state index contributed by atoms with van der Waals surface area (Å²) in [5.41, 5.74) is 6.14. The van der Waals surface area contributed by atoms with Crippen LogP contribution in [0.25, 0.3) is 15.9 Å². The third-order valence-corrected chi connectivity index (χ3v) is 8.27. The molecule has 0 fully saturated rings. The van der Waals surface area contributed by atoms with Crippen molar-refractivity contribution in [3.63, 3.8) is 0 Å². The van der Waals surface area contributed by atoms with Gasteiger partial charge >= 0.3 is 5.97 Å². The van der Waals surface area contributed by atoms with Crippen LogP contribution in [0.3, 0.4) is 0 Å². The number of hydrazone groups is 1. The van der Waals surface area contributed by atoms with Gasteiger partial charge in [-0.2, -0.15) is 5.10 Å². The maximum atomic E-state index is 13.8. The summed E-state index contributed by atoms with van der Waals surface area (Å²) in [6.07, 6.45) is 5.51. The molecule has 0 aliphatic heterocycles. The largest absolute Gasteiger partial charge is 0.478 e. The first-order valence-corrected chi connectivity index (χ1v) is 13.6. The Morgan fingerprint density at radius 1 is 1.14 bits per heavy atom. The van der Waals surface area contributed by atoms with Crippen molar-refractivity contribution in [2.75, 3.05) is 5.75 Å². The van der Waals surface area contributed by atoms with E-state index in [1.54, 1.807) is 28.0 Å². The molecule has 0 bridgehead atoms. The van der Waals surface area contributed by atoms with Crippen LogP contribution in [0.5, 0.6) is 0 Å². The number of fused-ring (bicyclic) bond motifs is 3. The molecule has 0 atom stereocenters. The van der Waals surface area contributed by atoms with Crippen LogP contribution in [0.15, 0.2) is 63.6 Å². The normalized spacial score (nSPS) is 13.1. The maximum absolute atomic E-state index is 13.8. The molecule has 1 aliphatic rings. The highest BCUT2D eigenvalue weighted by molar-refractivity contribution is 7.99. The van der Waals surface area contributed by atoms with Gasteiger partial charge in [0.1, 0.15) is 4.83 Å². The monoisotopic (exact) mass is 532 g/mol. The van der Waals surface area contributed by atoms with E-state index in [0.29, 0.717) is 21.8 Å². The number of nitrogens with one attached hydrogen (secondary N) is 1. The van der Waals surface area contributed by atoms with Gasteiger partial charge in [0.05, 0.1) is 28.6 Å². The second-order valence-electron chi connectivity index (χ2n) is 8.77. The number of aromatic carboxylic acids is 1. The molecule has 2 heterocycles. The second kappa shape index (κ2) is 10.7. The van der Waals surface area contributed by atoms with Crippen molar-refractivity contribution in [2.24, 2.45) is 5.10 Å². The molecule has 4 aromatic rings. The molecule has 0 spiro atoms. The Morgan fingerprint density at radius 3 is 2.59 bits per heavy atom. The average Bonchev–Trinajstić information content (AvgIpc) is 3.27. The summed E-state index contributed by atoms with van der Waals surface area (Å²) >= 11 is 2.77. The number of carbonyl (C=O) groups excluding carboxylic acids is 1. The molecule has 2 aromatic carbocycles. The summed E-state index contributed by atoms with van der Waals surface area (Å²) in [4.78, 5) is 44.0. The van der Waals surface area contributed by atoms with Gasteiger partial charge in [0.15, 0.2) is 5.16 Å². The zero-order valence-corrected chi connectivity index (χ0v) is 21.7. The molecule has 8 nitrogen and oxygen atoms in total. The summed E-state index contributed by atoms with van der Waals surface area (Å²) in [6, 6.07) is 13.8. The average molecular weight is 533 g/mol. The fourth-order valence-electron chi connectivity index (χ4n) is 4.26. The lowest BCUT2D eigenvalue weighted by Crippen LogP contribution is -2.24. The van der Waals surface area contributed by atoms with Crippen LogP contribution in [-0.2, 0) is 17.6 Å². The number of thiophene rings is 1. The first-order valence-electron chi connectivity index (χ1n) is 11.8. The standard InChI is InChI=1S/C27H24N4O4S2/c1-16-6-12-19(13-7-16)31-25(33)23-20-4-2-3-5-21(20)37-24(23)29-27(31)36-15-22(32)30-28-14-17-8-10-18(11-9-17)26(34)35/h6-14H,2-5,15H2,1H3,(H,30,32)(H,34,35)/b28-14+. The van der Waals surface area contributed by atoms with Crippen molar-refractivity contribution >= 4 is 51.4 Å². The van der Waals surface area contributed by atoms with E-state index in [1.807, 2.05) is 31.2 Å². The van der Waals surface area contributed by atoms with Gasteiger partial charge in [0, 0.05) is 4.88 Å². The summed E-state index contributed by atoms with van der Waals surface area (Å²) in [5.74, 6) is -1.34. The second-order valence-corrected chi connectivity index (χ2v) is 10.8. The fraction of sp³-hybridized carbons (Fsp3) is 0.222. The van der Waals surface area contributed by atoms with Crippen LogP contribution >= 0.6 is 23.1 Å². The van der Waals surface area contributed by atoms with Crippen molar-refractivity contribution in [3.8, 4) is 5.69 Å². The Balaban J connectivity index is 1.38. The van der Waals surface area contributed by atoms with Crippen LogP contribution in [0.4, 0.5) is 0 Å². The highest BCUT2D eigenvalue weighted by Gasteiger charge is 2.23. The van der Waals surface area contributed by atoms with Gasteiger partial charge in [0.2, 0.25) is 0 Å². The smallest absolute Gasteiger partial charge is 0.335 e. The van der Waals surface area contributed by atoms with E-state index < -0.39 is 5.97 Å². The van der Waals surface area contributed by atoms with Crippen molar-refractivity contribution < 1.29 is 14.7 Å². The summed E-state index contributed by atoms with van der Waals surface area (Å²) < 4.78 is 1.61. The number of aryl methyl sites for hydroxylation is 3. The van der Waals surface area contributed by atoms with Crippen molar-refractivity contribution in [3.05, 3.63) is 86.0 Å². The highest BCUT2D eigenvalue weighted by atomic mass is 32.2. The fourth-order valence-corrected chi connectivity index (χ4v) is 6.37. The SMILES string of the molecule is Cc1ccc(-n2c(SCC(=O)N/N=C/c3ccc(C(=O)O)cc3)nc3sc4c(c3c2=O)CCCC4)cc1. The van der Waals surface area contributed by atoms with Gasteiger partial charge in [-0.25, -0.2) is 15.2 Å². The van der Waals surface area contributed by atoms with Crippen LogP contribution in [0, 0.1) is 6.92 Å². The number of carbonyl (C=O) groups is 2. The maximum Gasteiger partial charge on any atom is 0.335 e. The quantitative estimate of drug-likeness (QED) is 0.156. The molecule has 2 N–H and O–H groups in total. The minimum atomic E-state index is -1.01. The molecule has 0 saturated carbocycles. The first-order chi connectivity index (χ1) is 17.9. The molecule has 1 aliphatic carbocycles. The number of thioether (sulfide) groups is 1. The Morgan fingerprint density at radius 2 is 1.86 bits per heavy atom. The molecule has 5 rings (SSSR count). The number of carboxylic acids is 1. The Kier molecular flexibility index (Phi) is 7.20. The topological polar surface area (TPSA) is 114 Å². The van der Waals surface area contributed by atoms with E-state index in [0.717, 1.165) is 41.6 Å². The minimum Gasteiger partial charge on any atom is -0.478 e. The first kappa shape index (κ1) is 24.9. The molecule has 2 aromatic heterocycles. The van der Waals surface area contributed by atoms with Gasteiger partial charge < -0.3 is 5.11 Å². The summed E-state index contributed by atoms with van der Waals surface area (Å²) in [5, 5.41) is 14.1.